The second-order valence-electron chi connectivity index (χ2n) is 6.82. The molecule has 0 amide bonds. The molecule has 2 atom stereocenters. The molecule has 0 radical (unpaired) electrons. The molecule has 0 bridgehead atoms. The summed E-state index contributed by atoms with van der Waals surface area (Å²) in [5, 5.41) is 3.38. The van der Waals surface area contributed by atoms with Gasteiger partial charge < -0.3 is 5.32 Å². The van der Waals surface area contributed by atoms with E-state index in [1.807, 2.05) is 0 Å². The van der Waals surface area contributed by atoms with Gasteiger partial charge in [-0.2, -0.15) is 0 Å². The van der Waals surface area contributed by atoms with Crippen LogP contribution in [0.1, 0.15) is 58.8 Å². The van der Waals surface area contributed by atoms with Crippen LogP contribution in [0.3, 0.4) is 0 Å². The molecule has 2 unspecified atom stereocenters. The van der Waals surface area contributed by atoms with Crippen LogP contribution in [0.25, 0.3) is 0 Å². The Kier molecular flexibility index (Phi) is 5.50. The molecule has 2 heteroatoms. The summed E-state index contributed by atoms with van der Waals surface area (Å²) in [7, 11) is 2.10. The lowest BCUT2D eigenvalue weighted by atomic mass is 9.77. The molecule has 106 valence electrons. The van der Waals surface area contributed by atoms with Crippen LogP contribution in [0.2, 0.25) is 0 Å². The van der Waals surface area contributed by atoms with Crippen molar-refractivity contribution in [3.63, 3.8) is 0 Å². The predicted molar refractivity (Wildman–Crippen MR) is 78.9 cm³/mol. The molecule has 18 heavy (non-hydrogen) atoms. The fourth-order valence-corrected chi connectivity index (χ4v) is 3.75. The van der Waals surface area contributed by atoms with E-state index in [0.29, 0.717) is 0 Å². The zero-order valence-electron chi connectivity index (χ0n) is 12.6. The highest BCUT2D eigenvalue weighted by Crippen LogP contribution is 2.36. The highest BCUT2D eigenvalue weighted by molar-refractivity contribution is 4.93. The van der Waals surface area contributed by atoms with Gasteiger partial charge >= 0.3 is 0 Å². The summed E-state index contributed by atoms with van der Waals surface area (Å²) in [5.41, 5.74) is 0. The molecule has 2 rings (SSSR count). The molecule has 2 fully saturated rings. The van der Waals surface area contributed by atoms with E-state index in [4.69, 9.17) is 0 Å². The van der Waals surface area contributed by atoms with Crippen molar-refractivity contribution >= 4 is 0 Å². The fourth-order valence-electron chi connectivity index (χ4n) is 3.75. The number of nitrogens with zero attached hydrogens (tertiary/aromatic N) is 1. The summed E-state index contributed by atoms with van der Waals surface area (Å²) < 4.78 is 0. The quantitative estimate of drug-likeness (QED) is 0.748. The van der Waals surface area contributed by atoms with Crippen molar-refractivity contribution in [2.24, 2.45) is 11.8 Å². The molecular formula is C16H32N2. The van der Waals surface area contributed by atoms with E-state index in [1.54, 1.807) is 0 Å². The van der Waals surface area contributed by atoms with Crippen molar-refractivity contribution in [3.8, 4) is 0 Å². The van der Waals surface area contributed by atoms with Crippen molar-refractivity contribution in [2.75, 3.05) is 20.1 Å². The zero-order chi connectivity index (χ0) is 13.0. The van der Waals surface area contributed by atoms with Gasteiger partial charge in [-0.15, -0.1) is 0 Å². The average molecular weight is 252 g/mol. The predicted octanol–water partition coefficient (Wildman–Crippen LogP) is 3.28. The van der Waals surface area contributed by atoms with Crippen LogP contribution >= 0.6 is 0 Å². The smallest absolute Gasteiger partial charge is 0.0139 e. The Hall–Kier alpha value is -0.0800. The first-order valence-corrected chi connectivity index (χ1v) is 8.12. The Morgan fingerprint density at radius 3 is 2.33 bits per heavy atom. The van der Waals surface area contributed by atoms with E-state index in [1.165, 1.54) is 58.0 Å². The third kappa shape index (κ3) is 3.48. The summed E-state index contributed by atoms with van der Waals surface area (Å²) in [4.78, 5) is 2.90. The van der Waals surface area contributed by atoms with Crippen molar-refractivity contribution in [1.82, 2.24) is 10.2 Å². The maximum Gasteiger partial charge on any atom is 0.0139 e. The van der Waals surface area contributed by atoms with E-state index < -0.39 is 0 Å². The molecule has 2 aliphatic rings. The molecule has 0 aromatic heterocycles. The van der Waals surface area contributed by atoms with Gasteiger partial charge in [0.25, 0.3) is 0 Å². The second kappa shape index (κ2) is 6.91. The summed E-state index contributed by atoms with van der Waals surface area (Å²) >= 11 is 0. The first kappa shape index (κ1) is 14.3. The second-order valence-corrected chi connectivity index (χ2v) is 6.82. The van der Waals surface area contributed by atoms with E-state index in [9.17, 15) is 0 Å². The monoisotopic (exact) mass is 252 g/mol. The van der Waals surface area contributed by atoms with Gasteiger partial charge in [-0.05, 0) is 64.1 Å². The SMILES string of the molecule is CNCC1CCC1N(CCC(C)C)C1CCCC1. The molecule has 0 saturated heterocycles. The summed E-state index contributed by atoms with van der Waals surface area (Å²) in [6.45, 7) is 7.28. The number of nitrogens with one attached hydrogen (secondary N) is 1. The van der Waals surface area contributed by atoms with Crippen LogP contribution in [0.5, 0.6) is 0 Å². The standard InChI is InChI=1S/C16H32N2/c1-13(2)10-11-18(15-6-4-5-7-15)16-9-8-14(16)12-17-3/h13-17H,4-12H2,1-3H3. The average Bonchev–Trinajstić information content (AvgIpc) is 2.83. The fraction of sp³-hybridized carbons (Fsp3) is 1.00. The molecule has 0 spiro atoms. The Morgan fingerprint density at radius 1 is 1.11 bits per heavy atom. The maximum atomic E-state index is 3.38. The minimum atomic E-state index is 0.844. The molecule has 0 heterocycles. The van der Waals surface area contributed by atoms with Crippen LogP contribution in [-0.4, -0.2) is 37.1 Å². The van der Waals surface area contributed by atoms with E-state index in [-0.39, 0.29) is 0 Å². The van der Waals surface area contributed by atoms with Crippen LogP contribution in [0.15, 0.2) is 0 Å². The molecule has 1 N–H and O–H groups in total. The number of hydrogen-bond acceptors (Lipinski definition) is 2. The Balaban J connectivity index is 1.90. The Bertz CT molecular complexity index is 233. The molecule has 2 saturated carbocycles. The lowest BCUT2D eigenvalue weighted by molar-refractivity contribution is 0.0261. The third-order valence-electron chi connectivity index (χ3n) is 5.03. The van der Waals surface area contributed by atoms with Gasteiger partial charge in [-0.25, -0.2) is 0 Å². The third-order valence-corrected chi connectivity index (χ3v) is 5.03. The minimum absolute atomic E-state index is 0.844. The van der Waals surface area contributed by atoms with Gasteiger partial charge in [0.2, 0.25) is 0 Å². The van der Waals surface area contributed by atoms with Gasteiger partial charge in [0.05, 0.1) is 0 Å². The summed E-state index contributed by atoms with van der Waals surface area (Å²) in [6.07, 6.45) is 10.1. The van der Waals surface area contributed by atoms with Crippen molar-refractivity contribution in [3.05, 3.63) is 0 Å². The summed E-state index contributed by atoms with van der Waals surface area (Å²) in [5.74, 6) is 1.76. The number of hydrogen-bond donors (Lipinski definition) is 1. The molecule has 2 nitrogen and oxygen atoms in total. The minimum Gasteiger partial charge on any atom is -0.319 e. The molecule has 0 aromatic carbocycles. The van der Waals surface area contributed by atoms with Gasteiger partial charge in [-0.1, -0.05) is 26.7 Å². The Labute approximate surface area is 114 Å². The summed E-state index contributed by atoms with van der Waals surface area (Å²) in [6, 6.07) is 1.80. The van der Waals surface area contributed by atoms with Gasteiger partial charge in [0, 0.05) is 12.1 Å². The van der Waals surface area contributed by atoms with E-state index in [2.05, 4.69) is 31.1 Å². The van der Waals surface area contributed by atoms with Gasteiger partial charge in [0.15, 0.2) is 0 Å². The van der Waals surface area contributed by atoms with Crippen molar-refractivity contribution in [1.29, 1.82) is 0 Å². The topological polar surface area (TPSA) is 15.3 Å². The van der Waals surface area contributed by atoms with Gasteiger partial charge in [0.1, 0.15) is 0 Å². The highest BCUT2D eigenvalue weighted by Gasteiger charge is 2.38. The normalized spacial score (nSPS) is 29.2. The lowest BCUT2D eigenvalue weighted by Gasteiger charge is -2.47. The molecular weight excluding hydrogens is 220 g/mol. The first-order chi connectivity index (χ1) is 8.72. The molecule has 0 aromatic rings. The lowest BCUT2D eigenvalue weighted by Crippen LogP contribution is -2.53. The largest absolute Gasteiger partial charge is 0.319 e. The number of rotatable bonds is 7. The first-order valence-electron chi connectivity index (χ1n) is 8.12. The van der Waals surface area contributed by atoms with Crippen LogP contribution in [-0.2, 0) is 0 Å². The Morgan fingerprint density at radius 2 is 1.83 bits per heavy atom. The zero-order valence-corrected chi connectivity index (χ0v) is 12.6. The van der Waals surface area contributed by atoms with Crippen molar-refractivity contribution in [2.45, 2.75) is 70.9 Å². The van der Waals surface area contributed by atoms with Gasteiger partial charge in [-0.3, -0.25) is 4.90 Å². The molecule has 2 aliphatic carbocycles. The van der Waals surface area contributed by atoms with Crippen LogP contribution in [0.4, 0.5) is 0 Å². The van der Waals surface area contributed by atoms with Crippen LogP contribution in [0, 0.1) is 11.8 Å². The maximum absolute atomic E-state index is 3.38. The van der Waals surface area contributed by atoms with Crippen molar-refractivity contribution < 1.29 is 0 Å². The van der Waals surface area contributed by atoms with E-state index in [0.717, 1.165) is 23.9 Å². The highest BCUT2D eigenvalue weighted by atomic mass is 15.2. The van der Waals surface area contributed by atoms with Crippen LogP contribution < -0.4 is 5.32 Å². The van der Waals surface area contributed by atoms with E-state index >= 15 is 0 Å². The molecule has 0 aliphatic heterocycles.